The molecule has 3 N–H and O–H groups in total. The molecule has 49 heavy (non-hydrogen) atoms. The maximum atomic E-state index is 15.0. The Morgan fingerprint density at radius 3 is 2.20 bits per heavy atom. The van der Waals surface area contributed by atoms with Crippen LogP contribution in [0.15, 0.2) is 106 Å². The highest BCUT2D eigenvalue weighted by Gasteiger charge is 2.54. The van der Waals surface area contributed by atoms with Crippen molar-refractivity contribution < 1.29 is 26.4 Å². The van der Waals surface area contributed by atoms with Crippen LogP contribution < -0.4 is 15.4 Å². The molecule has 1 aliphatic carbocycles. The quantitative estimate of drug-likeness (QED) is 0.177. The van der Waals surface area contributed by atoms with E-state index in [1.54, 1.807) is 24.3 Å². The first kappa shape index (κ1) is 34.2. The Kier molecular flexibility index (Phi) is 8.85. The van der Waals surface area contributed by atoms with E-state index in [4.69, 9.17) is 0 Å². The molecule has 4 aromatic rings. The maximum Gasteiger partial charge on any atom is 0.286 e. The summed E-state index contributed by atoms with van der Waals surface area (Å²) < 4.78 is 56.8. The van der Waals surface area contributed by atoms with Crippen molar-refractivity contribution in [1.29, 1.82) is 0 Å². The van der Waals surface area contributed by atoms with E-state index in [9.17, 15) is 26.4 Å². The van der Waals surface area contributed by atoms with Gasteiger partial charge in [-0.25, -0.2) is 8.42 Å². The first-order chi connectivity index (χ1) is 23.1. The summed E-state index contributed by atoms with van der Waals surface area (Å²) in [4.78, 5) is 28.8. The van der Waals surface area contributed by atoms with Gasteiger partial charge in [0.05, 0.1) is 11.9 Å². The van der Waals surface area contributed by atoms with Crippen LogP contribution in [0, 0.1) is 11.3 Å². The molecule has 254 valence electrons. The molecule has 12 heteroatoms. The fourth-order valence-electron chi connectivity index (χ4n) is 6.34. The lowest BCUT2D eigenvalue weighted by molar-refractivity contribution is -0.128. The SMILES string of the molecule is CC(C)(C)CCC1(NCc2ccc(-c3ccccc3)cc2)C(=O)C(C2=NS(=O)(=O)c3cc(NS(C)(=O)=O)ccc3N2)C(=O)c2ccccc21. The second-order valence-electron chi connectivity index (χ2n) is 13.8. The normalized spacial score (nSPS) is 20.1. The Balaban J connectivity index is 1.40. The minimum absolute atomic E-state index is 0.0335. The third-order valence-corrected chi connectivity index (χ3v) is 10.8. The van der Waals surface area contributed by atoms with E-state index in [-0.39, 0.29) is 27.5 Å². The molecule has 0 bridgehead atoms. The Hall–Kier alpha value is -4.65. The van der Waals surface area contributed by atoms with Crippen molar-refractivity contribution in [3.05, 3.63) is 114 Å². The van der Waals surface area contributed by atoms with Crippen LogP contribution in [0.2, 0.25) is 0 Å². The highest BCUT2D eigenvalue weighted by atomic mass is 32.2. The van der Waals surface area contributed by atoms with Gasteiger partial charge >= 0.3 is 0 Å². The molecule has 0 amide bonds. The second-order valence-corrected chi connectivity index (χ2v) is 17.1. The number of sulfonamides is 2. The summed E-state index contributed by atoms with van der Waals surface area (Å²) in [6.07, 6.45) is 1.91. The zero-order valence-corrected chi connectivity index (χ0v) is 29.3. The van der Waals surface area contributed by atoms with E-state index < -0.39 is 43.1 Å². The fraction of sp³-hybridized carbons (Fsp3) is 0.270. The van der Waals surface area contributed by atoms with E-state index in [1.165, 1.54) is 12.1 Å². The van der Waals surface area contributed by atoms with Gasteiger partial charge in [0, 0.05) is 17.8 Å². The van der Waals surface area contributed by atoms with Gasteiger partial charge in [0.25, 0.3) is 10.0 Å². The van der Waals surface area contributed by atoms with E-state index in [2.05, 4.69) is 40.5 Å². The third kappa shape index (κ3) is 7.08. The van der Waals surface area contributed by atoms with Crippen LogP contribution in [0.5, 0.6) is 0 Å². The molecule has 10 nitrogen and oxygen atoms in total. The van der Waals surface area contributed by atoms with E-state index in [0.717, 1.165) is 29.0 Å². The molecule has 0 spiro atoms. The number of hydrogen-bond donors (Lipinski definition) is 3. The summed E-state index contributed by atoms with van der Waals surface area (Å²) in [6, 6.07) is 28.9. The van der Waals surface area contributed by atoms with Crippen molar-refractivity contribution in [3.63, 3.8) is 0 Å². The van der Waals surface area contributed by atoms with Crippen LogP contribution in [0.25, 0.3) is 11.1 Å². The van der Waals surface area contributed by atoms with Crippen LogP contribution in [0.4, 0.5) is 11.4 Å². The van der Waals surface area contributed by atoms with E-state index >= 15 is 0 Å². The molecule has 2 aliphatic rings. The number of amidine groups is 1. The summed E-state index contributed by atoms with van der Waals surface area (Å²) in [5.41, 5.74) is 2.52. The number of rotatable bonds is 9. The van der Waals surface area contributed by atoms with E-state index in [1.807, 2.05) is 54.6 Å². The van der Waals surface area contributed by atoms with Crippen molar-refractivity contribution >= 4 is 48.8 Å². The van der Waals surface area contributed by atoms with Gasteiger partial charge in [-0.1, -0.05) is 99.6 Å². The number of carbonyl (C=O) groups is 2. The zero-order chi connectivity index (χ0) is 35.2. The summed E-state index contributed by atoms with van der Waals surface area (Å²) in [7, 11) is -8.11. The molecule has 0 fully saturated rings. The average Bonchev–Trinajstić information content (AvgIpc) is 3.04. The van der Waals surface area contributed by atoms with Gasteiger partial charge in [0.2, 0.25) is 10.0 Å². The molecule has 1 aliphatic heterocycles. The molecule has 6 rings (SSSR count). The van der Waals surface area contributed by atoms with Gasteiger partial charge in [-0.05, 0) is 58.7 Å². The summed E-state index contributed by atoms with van der Waals surface area (Å²) in [5, 5.41) is 6.48. The predicted molar refractivity (Wildman–Crippen MR) is 192 cm³/mol. The molecule has 0 aromatic heterocycles. The number of hydrogen-bond acceptors (Lipinski definition) is 8. The largest absolute Gasteiger partial charge is 0.341 e. The molecule has 2 unspecified atom stereocenters. The van der Waals surface area contributed by atoms with Crippen LogP contribution in [-0.4, -0.2) is 40.5 Å². The van der Waals surface area contributed by atoms with E-state index in [0.29, 0.717) is 30.5 Å². The maximum absolute atomic E-state index is 15.0. The van der Waals surface area contributed by atoms with Crippen molar-refractivity contribution in [2.45, 2.75) is 50.6 Å². The monoisotopic (exact) mass is 698 g/mol. The first-order valence-corrected chi connectivity index (χ1v) is 19.2. The first-order valence-electron chi connectivity index (χ1n) is 15.9. The smallest absolute Gasteiger partial charge is 0.286 e. The molecular formula is C37H38N4O6S2. The number of carbonyl (C=O) groups excluding carboxylic acids is 2. The number of Topliss-reactive ketones (excluding diaryl/α,β-unsaturated/α-hetero) is 2. The standard InChI is InChI=1S/C37H38N4O6S2/c1-36(2,3)20-21-37(38-23-24-14-16-26(17-15-24)25-10-6-5-7-11-25)29-13-9-8-12-28(29)33(42)32(34(37)43)35-39-30-19-18-27(40-48(4,44)45)22-31(30)49(46,47)41-35/h5-19,22,32,38,40H,20-21,23H2,1-4H3,(H,39,41). The summed E-state index contributed by atoms with van der Waals surface area (Å²) in [6.45, 7) is 6.54. The third-order valence-electron chi connectivity index (χ3n) is 8.82. The minimum atomic E-state index is -4.43. The Morgan fingerprint density at radius 2 is 1.53 bits per heavy atom. The Morgan fingerprint density at radius 1 is 0.878 bits per heavy atom. The lowest BCUT2D eigenvalue weighted by Crippen LogP contribution is -2.59. The highest BCUT2D eigenvalue weighted by Crippen LogP contribution is 2.43. The van der Waals surface area contributed by atoms with Gasteiger partial charge in [0.1, 0.15) is 22.2 Å². The number of ketones is 2. The average molecular weight is 699 g/mol. The van der Waals surface area contributed by atoms with Crippen LogP contribution >= 0.6 is 0 Å². The number of anilines is 2. The number of nitrogens with one attached hydrogen (secondary N) is 3. The highest BCUT2D eigenvalue weighted by molar-refractivity contribution is 7.92. The Bertz CT molecular complexity index is 2190. The molecule has 2 atom stereocenters. The van der Waals surface area contributed by atoms with Crippen molar-refractivity contribution in [2.75, 3.05) is 16.3 Å². The lowest BCUT2D eigenvalue weighted by atomic mass is 9.66. The van der Waals surface area contributed by atoms with Crippen LogP contribution in [0.3, 0.4) is 0 Å². The zero-order valence-electron chi connectivity index (χ0n) is 27.6. The molecular weight excluding hydrogens is 661 g/mol. The van der Waals surface area contributed by atoms with Crippen molar-refractivity contribution in [3.8, 4) is 11.1 Å². The lowest BCUT2D eigenvalue weighted by Gasteiger charge is -2.43. The van der Waals surface area contributed by atoms with Crippen molar-refractivity contribution in [2.24, 2.45) is 15.7 Å². The predicted octanol–water partition coefficient (Wildman–Crippen LogP) is 6.13. The number of fused-ring (bicyclic) bond motifs is 2. The molecule has 0 saturated carbocycles. The molecule has 0 saturated heterocycles. The van der Waals surface area contributed by atoms with Gasteiger partial charge < -0.3 is 5.32 Å². The van der Waals surface area contributed by atoms with Gasteiger partial charge in [-0.3, -0.25) is 19.6 Å². The topological polar surface area (TPSA) is 151 Å². The van der Waals surface area contributed by atoms with Gasteiger partial charge in [-0.15, -0.1) is 4.40 Å². The number of nitrogens with zero attached hydrogens (tertiary/aromatic N) is 1. The minimum Gasteiger partial charge on any atom is -0.341 e. The number of benzene rings is 4. The van der Waals surface area contributed by atoms with Crippen LogP contribution in [0.1, 0.15) is 55.1 Å². The molecule has 0 radical (unpaired) electrons. The van der Waals surface area contributed by atoms with Crippen LogP contribution in [-0.2, 0) is 36.9 Å². The Labute approximate surface area is 287 Å². The fourth-order valence-corrected chi connectivity index (χ4v) is 8.08. The molecule has 1 heterocycles. The summed E-state index contributed by atoms with van der Waals surface area (Å²) in [5.74, 6) is -2.89. The van der Waals surface area contributed by atoms with Crippen molar-refractivity contribution in [1.82, 2.24) is 5.32 Å². The summed E-state index contributed by atoms with van der Waals surface area (Å²) >= 11 is 0. The van der Waals surface area contributed by atoms with Gasteiger partial charge in [-0.2, -0.15) is 8.42 Å². The van der Waals surface area contributed by atoms with Gasteiger partial charge in [0.15, 0.2) is 11.6 Å². The molecule has 4 aromatic carbocycles. The second kappa shape index (κ2) is 12.7.